The van der Waals surface area contributed by atoms with Gasteiger partial charge in [0.1, 0.15) is 0 Å². The summed E-state index contributed by atoms with van der Waals surface area (Å²) in [5.41, 5.74) is 6.68. The summed E-state index contributed by atoms with van der Waals surface area (Å²) in [4.78, 5) is 0. The second-order valence-corrected chi connectivity index (χ2v) is 6.00. The molecule has 0 bridgehead atoms. The maximum absolute atomic E-state index is 6.35. The Balaban J connectivity index is 1.70. The van der Waals surface area contributed by atoms with Crippen LogP contribution in [0.2, 0.25) is 0 Å². The largest absolute Gasteiger partial charge is 0.381 e. The summed E-state index contributed by atoms with van der Waals surface area (Å²) in [7, 11) is 0. The van der Waals surface area contributed by atoms with E-state index in [2.05, 4.69) is 12.2 Å². The predicted molar refractivity (Wildman–Crippen MR) is 68.0 cm³/mol. The maximum Gasteiger partial charge on any atom is 0.0484 e. The van der Waals surface area contributed by atoms with E-state index in [1.54, 1.807) is 0 Å². The van der Waals surface area contributed by atoms with Gasteiger partial charge in [-0.1, -0.05) is 6.92 Å². The number of hydrogen-bond donors (Lipinski definition) is 2. The Morgan fingerprint density at radius 1 is 0.941 bits per heavy atom. The van der Waals surface area contributed by atoms with Crippen molar-refractivity contribution in [2.45, 2.75) is 38.1 Å². The molecule has 2 rings (SSSR count). The van der Waals surface area contributed by atoms with Crippen LogP contribution in [0.15, 0.2) is 0 Å². The highest BCUT2D eigenvalue weighted by molar-refractivity contribution is 4.90. The molecule has 0 atom stereocenters. The summed E-state index contributed by atoms with van der Waals surface area (Å²) in [5.74, 6) is 0. The average Bonchev–Trinajstić information content (AvgIpc) is 2.30. The third kappa shape index (κ3) is 3.91. The van der Waals surface area contributed by atoms with Crippen molar-refractivity contribution in [1.29, 1.82) is 0 Å². The van der Waals surface area contributed by atoms with E-state index < -0.39 is 0 Å². The van der Waals surface area contributed by atoms with E-state index in [9.17, 15) is 0 Å². The smallest absolute Gasteiger partial charge is 0.0484 e. The van der Waals surface area contributed by atoms with Gasteiger partial charge < -0.3 is 20.5 Å². The highest BCUT2D eigenvalue weighted by Gasteiger charge is 2.30. The lowest BCUT2D eigenvalue weighted by Gasteiger charge is -2.37. The summed E-state index contributed by atoms with van der Waals surface area (Å²) in [5, 5.41) is 3.57. The first-order chi connectivity index (χ1) is 8.12. The van der Waals surface area contributed by atoms with Gasteiger partial charge in [0, 0.05) is 45.1 Å². The number of hydrogen-bond acceptors (Lipinski definition) is 4. The first kappa shape index (κ1) is 13.3. The molecule has 2 aliphatic heterocycles. The molecular formula is C13H26N2O2. The molecule has 2 heterocycles. The standard InChI is InChI=1S/C13H26N2O2/c1-12(2-6-16-7-3-12)10-15-11-13(14)4-8-17-9-5-13/h15H,2-11,14H2,1H3. The molecule has 0 radical (unpaired) electrons. The predicted octanol–water partition coefficient (Wildman–Crippen LogP) is 0.901. The van der Waals surface area contributed by atoms with Crippen molar-refractivity contribution in [2.75, 3.05) is 39.5 Å². The Morgan fingerprint density at radius 3 is 2.06 bits per heavy atom. The maximum atomic E-state index is 6.35. The zero-order chi connectivity index (χ0) is 12.2. The fourth-order valence-corrected chi connectivity index (χ4v) is 2.61. The van der Waals surface area contributed by atoms with Crippen LogP contribution < -0.4 is 11.1 Å². The van der Waals surface area contributed by atoms with Crippen LogP contribution in [0, 0.1) is 5.41 Å². The Bertz CT molecular complexity index is 210. The molecule has 0 saturated carbocycles. The van der Waals surface area contributed by atoms with Gasteiger partial charge in [-0.05, 0) is 31.1 Å². The Labute approximate surface area is 104 Å². The van der Waals surface area contributed by atoms with Crippen molar-refractivity contribution < 1.29 is 9.47 Å². The molecule has 2 fully saturated rings. The third-order valence-corrected chi connectivity index (χ3v) is 4.22. The van der Waals surface area contributed by atoms with E-state index in [1.807, 2.05) is 0 Å². The summed E-state index contributed by atoms with van der Waals surface area (Å²) in [6.07, 6.45) is 4.25. The van der Waals surface area contributed by atoms with E-state index in [0.717, 1.165) is 65.2 Å². The molecule has 0 spiro atoms. The van der Waals surface area contributed by atoms with Gasteiger partial charge in [0.25, 0.3) is 0 Å². The third-order valence-electron chi connectivity index (χ3n) is 4.22. The zero-order valence-electron chi connectivity index (χ0n) is 11.0. The van der Waals surface area contributed by atoms with Crippen LogP contribution in [0.25, 0.3) is 0 Å². The summed E-state index contributed by atoms with van der Waals surface area (Å²) in [6.45, 7) is 7.73. The molecule has 4 heteroatoms. The summed E-state index contributed by atoms with van der Waals surface area (Å²) >= 11 is 0. The lowest BCUT2D eigenvalue weighted by molar-refractivity contribution is 0.0208. The van der Waals surface area contributed by atoms with Crippen molar-refractivity contribution >= 4 is 0 Å². The van der Waals surface area contributed by atoms with Gasteiger partial charge in [-0.15, -0.1) is 0 Å². The minimum absolute atomic E-state index is 0.0558. The lowest BCUT2D eigenvalue weighted by Crippen LogP contribution is -2.53. The molecule has 0 aromatic carbocycles. The van der Waals surface area contributed by atoms with Crippen LogP contribution in [-0.2, 0) is 9.47 Å². The van der Waals surface area contributed by atoms with Crippen molar-refractivity contribution in [1.82, 2.24) is 5.32 Å². The molecule has 100 valence electrons. The number of nitrogens with two attached hydrogens (primary N) is 1. The van der Waals surface area contributed by atoms with Crippen molar-refractivity contribution in [3.05, 3.63) is 0 Å². The van der Waals surface area contributed by atoms with Gasteiger partial charge >= 0.3 is 0 Å². The molecule has 2 aliphatic rings. The van der Waals surface area contributed by atoms with Gasteiger partial charge in [0.05, 0.1) is 0 Å². The number of ether oxygens (including phenoxy) is 2. The molecule has 0 aliphatic carbocycles. The summed E-state index contributed by atoms with van der Waals surface area (Å²) < 4.78 is 10.8. The molecule has 0 aromatic rings. The second-order valence-electron chi connectivity index (χ2n) is 6.00. The first-order valence-electron chi connectivity index (χ1n) is 6.77. The van der Waals surface area contributed by atoms with Gasteiger partial charge in [0.2, 0.25) is 0 Å². The van der Waals surface area contributed by atoms with Crippen LogP contribution in [0.5, 0.6) is 0 Å². The minimum atomic E-state index is -0.0558. The number of rotatable bonds is 4. The summed E-state index contributed by atoms with van der Waals surface area (Å²) in [6, 6.07) is 0. The fraction of sp³-hybridized carbons (Fsp3) is 1.00. The fourth-order valence-electron chi connectivity index (χ4n) is 2.61. The second kappa shape index (κ2) is 5.65. The van der Waals surface area contributed by atoms with Crippen LogP contribution in [-0.4, -0.2) is 45.1 Å². The Kier molecular flexibility index (Phi) is 4.42. The van der Waals surface area contributed by atoms with E-state index in [-0.39, 0.29) is 5.54 Å². The Morgan fingerprint density at radius 2 is 1.47 bits per heavy atom. The molecule has 0 amide bonds. The molecule has 4 nitrogen and oxygen atoms in total. The van der Waals surface area contributed by atoms with Crippen LogP contribution >= 0.6 is 0 Å². The highest BCUT2D eigenvalue weighted by Crippen LogP contribution is 2.28. The minimum Gasteiger partial charge on any atom is -0.381 e. The molecule has 0 unspecified atom stereocenters. The monoisotopic (exact) mass is 242 g/mol. The van der Waals surface area contributed by atoms with Crippen LogP contribution in [0.1, 0.15) is 32.6 Å². The van der Waals surface area contributed by atoms with Crippen molar-refractivity contribution in [3.63, 3.8) is 0 Å². The SMILES string of the molecule is CC1(CNCC2(N)CCOCC2)CCOCC1. The topological polar surface area (TPSA) is 56.5 Å². The van der Waals surface area contributed by atoms with E-state index >= 15 is 0 Å². The molecule has 17 heavy (non-hydrogen) atoms. The zero-order valence-corrected chi connectivity index (χ0v) is 11.0. The van der Waals surface area contributed by atoms with Gasteiger partial charge in [-0.25, -0.2) is 0 Å². The van der Waals surface area contributed by atoms with E-state index in [0.29, 0.717) is 5.41 Å². The highest BCUT2D eigenvalue weighted by atomic mass is 16.5. The van der Waals surface area contributed by atoms with E-state index in [4.69, 9.17) is 15.2 Å². The molecule has 0 aromatic heterocycles. The average molecular weight is 242 g/mol. The van der Waals surface area contributed by atoms with Crippen LogP contribution in [0.4, 0.5) is 0 Å². The van der Waals surface area contributed by atoms with Gasteiger partial charge in [-0.2, -0.15) is 0 Å². The van der Waals surface area contributed by atoms with Gasteiger partial charge in [-0.3, -0.25) is 0 Å². The molecular weight excluding hydrogens is 216 g/mol. The lowest BCUT2D eigenvalue weighted by atomic mass is 9.82. The van der Waals surface area contributed by atoms with Gasteiger partial charge in [0.15, 0.2) is 0 Å². The molecule has 3 N–H and O–H groups in total. The molecule has 2 saturated heterocycles. The quantitative estimate of drug-likeness (QED) is 0.769. The normalized spacial score (nSPS) is 27.9. The van der Waals surface area contributed by atoms with Crippen molar-refractivity contribution in [3.8, 4) is 0 Å². The van der Waals surface area contributed by atoms with Crippen molar-refractivity contribution in [2.24, 2.45) is 11.1 Å². The number of nitrogens with one attached hydrogen (secondary N) is 1. The first-order valence-corrected chi connectivity index (χ1v) is 6.77. The van der Waals surface area contributed by atoms with Crippen LogP contribution in [0.3, 0.4) is 0 Å². The van der Waals surface area contributed by atoms with E-state index in [1.165, 1.54) is 0 Å². The Hall–Kier alpha value is -0.160.